The summed E-state index contributed by atoms with van der Waals surface area (Å²) in [6.07, 6.45) is 2.26. The van der Waals surface area contributed by atoms with Gasteiger partial charge in [0, 0.05) is 38.8 Å². The summed E-state index contributed by atoms with van der Waals surface area (Å²) in [7, 11) is 3.83. The highest BCUT2D eigenvalue weighted by Crippen LogP contribution is 2.20. The zero-order chi connectivity index (χ0) is 14.9. The third-order valence-corrected chi connectivity index (χ3v) is 2.97. The van der Waals surface area contributed by atoms with Crippen molar-refractivity contribution in [2.24, 2.45) is 0 Å². The molecule has 1 aliphatic heterocycles. The molecule has 6 nitrogen and oxygen atoms in total. The molecule has 0 bridgehead atoms. The second kappa shape index (κ2) is 5.26. The van der Waals surface area contributed by atoms with Crippen molar-refractivity contribution < 1.29 is 9.53 Å². The van der Waals surface area contributed by atoms with Gasteiger partial charge >= 0.3 is 6.09 Å². The van der Waals surface area contributed by atoms with Crippen molar-refractivity contribution in [3.05, 3.63) is 17.5 Å². The molecule has 0 radical (unpaired) electrons. The second-order valence-electron chi connectivity index (χ2n) is 6.19. The van der Waals surface area contributed by atoms with Gasteiger partial charge in [-0.25, -0.2) is 14.8 Å². The van der Waals surface area contributed by atoms with Crippen LogP contribution in [-0.2, 0) is 17.7 Å². The Balaban J connectivity index is 2.10. The molecule has 0 saturated heterocycles. The highest BCUT2D eigenvalue weighted by atomic mass is 16.6. The fourth-order valence-corrected chi connectivity index (χ4v) is 2.00. The summed E-state index contributed by atoms with van der Waals surface area (Å²) >= 11 is 0. The minimum Gasteiger partial charge on any atom is -0.444 e. The van der Waals surface area contributed by atoms with Crippen LogP contribution in [0.3, 0.4) is 0 Å². The number of hydrogen-bond acceptors (Lipinski definition) is 5. The molecule has 0 N–H and O–H groups in total. The van der Waals surface area contributed by atoms with Gasteiger partial charge in [0.1, 0.15) is 5.60 Å². The van der Waals surface area contributed by atoms with Crippen LogP contribution >= 0.6 is 0 Å². The molecule has 1 aliphatic rings. The molecule has 2 heterocycles. The summed E-state index contributed by atoms with van der Waals surface area (Å²) in [6.45, 7) is 6.75. The highest BCUT2D eigenvalue weighted by Gasteiger charge is 2.26. The number of amides is 1. The fourth-order valence-electron chi connectivity index (χ4n) is 2.00. The molecule has 0 saturated carbocycles. The molecule has 0 aromatic carbocycles. The predicted molar refractivity (Wildman–Crippen MR) is 76.7 cm³/mol. The lowest BCUT2D eigenvalue weighted by atomic mass is 10.1. The van der Waals surface area contributed by atoms with Gasteiger partial charge in [-0.05, 0) is 20.8 Å². The summed E-state index contributed by atoms with van der Waals surface area (Å²) in [5, 5.41) is 0. The van der Waals surface area contributed by atoms with E-state index in [0.29, 0.717) is 19.0 Å². The van der Waals surface area contributed by atoms with Crippen molar-refractivity contribution in [1.82, 2.24) is 14.9 Å². The van der Waals surface area contributed by atoms with Gasteiger partial charge < -0.3 is 14.5 Å². The number of rotatable bonds is 1. The quantitative estimate of drug-likeness (QED) is 0.784. The summed E-state index contributed by atoms with van der Waals surface area (Å²) in [6, 6.07) is 0. The van der Waals surface area contributed by atoms with Gasteiger partial charge in [-0.15, -0.1) is 0 Å². The van der Waals surface area contributed by atoms with Crippen molar-refractivity contribution >= 4 is 12.0 Å². The summed E-state index contributed by atoms with van der Waals surface area (Å²) in [4.78, 5) is 24.4. The smallest absolute Gasteiger partial charge is 0.410 e. The average molecular weight is 278 g/mol. The molecule has 0 atom stereocenters. The number of carbonyl (C=O) groups is 1. The van der Waals surface area contributed by atoms with Crippen LogP contribution in [0, 0.1) is 0 Å². The van der Waals surface area contributed by atoms with Gasteiger partial charge in [0.05, 0.1) is 12.2 Å². The van der Waals surface area contributed by atoms with Crippen molar-refractivity contribution in [3.8, 4) is 0 Å². The Labute approximate surface area is 119 Å². The Morgan fingerprint density at radius 3 is 2.70 bits per heavy atom. The molecule has 0 unspecified atom stereocenters. The van der Waals surface area contributed by atoms with Crippen LogP contribution < -0.4 is 4.90 Å². The first-order chi connectivity index (χ1) is 9.26. The van der Waals surface area contributed by atoms with Crippen LogP contribution in [-0.4, -0.2) is 47.2 Å². The number of hydrogen-bond donors (Lipinski definition) is 0. The predicted octanol–water partition coefficient (Wildman–Crippen LogP) is 1.84. The summed E-state index contributed by atoms with van der Waals surface area (Å²) in [5.74, 6) is 0.703. The average Bonchev–Trinajstić information content (AvgIpc) is 2.35. The lowest BCUT2D eigenvalue weighted by Gasteiger charge is -2.30. The van der Waals surface area contributed by atoms with E-state index < -0.39 is 5.60 Å². The first-order valence-corrected chi connectivity index (χ1v) is 6.76. The molecular formula is C14H22N4O2. The number of aromatic nitrogens is 2. The van der Waals surface area contributed by atoms with Gasteiger partial charge in [0.25, 0.3) is 0 Å². The van der Waals surface area contributed by atoms with Crippen LogP contribution in [0.1, 0.15) is 32.0 Å². The minimum atomic E-state index is -0.470. The number of ether oxygens (including phenoxy) is 1. The Bertz CT molecular complexity index is 508. The van der Waals surface area contributed by atoms with E-state index in [1.165, 1.54) is 0 Å². The van der Waals surface area contributed by atoms with Crippen LogP contribution in [0.2, 0.25) is 0 Å². The third-order valence-electron chi connectivity index (χ3n) is 2.97. The molecule has 110 valence electrons. The SMILES string of the molecule is CN(C)c1ncc2c(n1)CCN(C(=O)OC(C)(C)C)C2. The van der Waals surface area contributed by atoms with Gasteiger partial charge in [-0.3, -0.25) is 0 Å². The van der Waals surface area contributed by atoms with E-state index in [1.54, 1.807) is 11.1 Å². The van der Waals surface area contributed by atoms with E-state index >= 15 is 0 Å². The van der Waals surface area contributed by atoms with Gasteiger partial charge in [-0.2, -0.15) is 0 Å². The molecule has 1 aromatic heterocycles. The van der Waals surface area contributed by atoms with Gasteiger partial charge in [0.15, 0.2) is 0 Å². The lowest BCUT2D eigenvalue weighted by molar-refractivity contribution is 0.0222. The Hall–Kier alpha value is -1.85. The highest BCUT2D eigenvalue weighted by molar-refractivity contribution is 5.68. The van der Waals surface area contributed by atoms with E-state index in [9.17, 15) is 4.79 Å². The first-order valence-electron chi connectivity index (χ1n) is 6.76. The van der Waals surface area contributed by atoms with Crippen molar-refractivity contribution in [2.45, 2.75) is 39.3 Å². The molecule has 20 heavy (non-hydrogen) atoms. The standard InChI is InChI=1S/C14H22N4O2/c1-14(2,3)20-13(19)18-7-6-11-10(9-18)8-15-12(16-11)17(4)5/h8H,6-7,9H2,1-5H3. The maximum Gasteiger partial charge on any atom is 0.410 e. The molecule has 0 spiro atoms. The number of fused-ring (bicyclic) bond motifs is 1. The van der Waals surface area contributed by atoms with Crippen LogP contribution in [0.5, 0.6) is 0 Å². The van der Waals surface area contributed by atoms with Gasteiger partial charge in [-0.1, -0.05) is 0 Å². The van der Waals surface area contributed by atoms with E-state index in [2.05, 4.69) is 9.97 Å². The molecule has 0 fully saturated rings. The van der Waals surface area contributed by atoms with Crippen LogP contribution in [0.4, 0.5) is 10.7 Å². The van der Waals surface area contributed by atoms with Crippen molar-refractivity contribution in [1.29, 1.82) is 0 Å². The van der Waals surface area contributed by atoms with Crippen LogP contribution in [0.15, 0.2) is 6.20 Å². The van der Waals surface area contributed by atoms with E-state index in [-0.39, 0.29) is 6.09 Å². The molecule has 0 aliphatic carbocycles. The number of carbonyl (C=O) groups excluding carboxylic acids is 1. The van der Waals surface area contributed by atoms with E-state index in [1.807, 2.05) is 39.8 Å². The topological polar surface area (TPSA) is 58.6 Å². The molecule has 1 amide bonds. The minimum absolute atomic E-state index is 0.278. The molecule has 6 heteroatoms. The first kappa shape index (κ1) is 14.6. The summed E-state index contributed by atoms with van der Waals surface area (Å²) in [5.41, 5.74) is 1.54. The fraction of sp³-hybridized carbons (Fsp3) is 0.643. The monoisotopic (exact) mass is 278 g/mol. The Kier molecular flexibility index (Phi) is 3.83. The van der Waals surface area contributed by atoms with Crippen molar-refractivity contribution in [3.63, 3.8) is 0 Å². The molecule has 2 rings (SSSR count). The third kappa shape index (κ3) is 3.37. The van der Waals surface area contributed by atoms with E-state index in [0.717, 1.165) is 17.7 Å². The summed E-state index contributed by atoms with van der Waals surface area (Å²) < 4.78 is 5.39. The maximum absolute atomic E-state index is 12.1. The lowest BCUT2D eigenvalue weighted by Crippen LogP contribution is -2.40. The zero-order valence-electron chi connectivity index (χ0n) is 12.8. The second-order valence-corrected chi connectivity index (χ2v) is 6.19. The largest absolute Gasteiger partial charge is 0.444 e. The van der Waals surface area contributed by atoms with Gasteiger partial charge in [0.2, 0.25) is 5.95 Å². The molecular weight excluding hydrogens is 256 g/mol. The van der Waals surface area contributed by atoms with E-state index in [4.69, 9.17) is 4.74 Å². The Morgan fingerprint density at radius 1 is 1.40 bits per heavy atom. The number of anilines is 1. The Morgan fingerprint density at radius 2 is 2.10 bits per heavy atom. The zero-order valence-corrected chi connectivity index (χ0v) is 12.8. The number of nitrogens with zero attached hydrogens (tertiary/aromatic N) is 4. The molecule has 1 aromatic rings. The normalized spacial score (nSPS) is 14.8. The maximum atomic E-state index is 12.1. The van der Waals surface area contributed by atoms with Crippen molar-refractivity contribution in [2.75, 3.05) is 25.5 Å². The van der Waals surface area contributed by atoms with Crippen LogP contribution in [0.25, 0.3) is 0 Å².